The zero-order valence-corrected chi connectivity index (χ0v) is 83.1. The molecule has 0 aliphatic rings. The third-order valence-electron chi connectivity index (χ3n) is 29.5. The van der Waals surface area contributed by atoms with Crippen molar-refractivity contribution in [1.29, 1.82) is 0 Å². The van der Waals surface area contributed by atoms with Crippen LogP contribution < -0.4 is 14.7 Å². The monoisotopic (exact) mass is 1950 g/mol. The zero-order valence-electron chi connectivity index (χ0n) is 81.4. The lowest BCUT2D eigenvalue weighted by molar-refractivity contribution is 0.668. The van der Waals surface area contributed by atoms with Crippen molar-refractivity contribution in [2.75, 3.05) is 14.7 Å². The van der Waals surface area contributed by atoms with E-state index in [0.29, 0.717) is 0 Å². The molecule has 0 atom stereocenters. The summed E-state index contributed by atoms with van der Waals surface area (Å²) >= 11 is 3.73. The van der Waals surface area contributed by atoms with E-state index >= 15 is 0 Å². The molecule has 0 spiro atoms. The summed E-state index contributed by atoms with van der Waals surface area (Å²) in [5.41, 5.74) is 31.9. The summed E-state index contributed by atoms with van der Waals surface area (Å²) in [6.07, 6.45) is 0. The Morgan fingerprint density at radius 2 is 0.353 bits per heavy atom. The first-order chi connectivity index (χ1) is 74.3. The van der Waals surface area contributed by atoms with E-state index in [-0.39, 0.29) is 0 Å². The average molecular weight is 1950 g/mol. The number of thiophene rings is 2. The van der Waals surface area contributed by atoms with E-state index in [0.717, 1.165) is 123 Å². The lowest BCUT2D eigenvalue weighted by atomic mass is 9.93. The summed E-state index contributed by atoms with van der Waals surface area (Å²) in [5.74, 6) is 0. The van der Waals surface area contributed by atoms with Crippen molar-refractivity contribution in [2.24, 2.45) is 0 Å². The second-order valence-corrected chi connectivity index (χ2v) is 40.6. The van der Waals surface area contributed by atoms with Gasteiger partial charge >= 0.3 is 0 Å². The zero-order chi connectivity index (χ0) is 99.1. The second-order valence-electron chi connectivity index (χ2n) is 38.4. The third-order valence-corrected chi connectivity index (χ3v) is 31.8. The number of hydrogen-bond donors (Lipinski definition) is 0. The van der Waals surface area contributed by atoms with E-state index < -0.39 is 0 Å². The normalized spacial score (nSPS) is 11.6. The second kappa shape index (κ2) is 37.7. The van der Waals surface area contributed by atoms with Crippen LogP contribution >= 0.6 is 22.7 Å². The maximum atomic E-state index is 6.37. The van der Waals surface area contributed by atoms with Gasteiger partial charge in [-0.1, -0.05) is 358 Å². The minimum absolute atomic E-state index is 0.856. The Morgan fingerprint density at radius 3 is 0.693 bits per heavy atom. The molecule has 0 aliphatic carbocycles. The van der Waals surface area contributed by atoms with Crippen molar-refractivity contribution < 1.29 is 13.3 Å². The minimum atomic E-state index is 0.856. The molecule has 704 valence electrons. The Hall–Kier alpha value is -19.2. The van der Waals surface area contributed by atoms with Gasteiger partial charge in [0.15, 0.2) is 0 Å². The summed E-state index contributed by atoms with van der Waals surface area (Å²) in [5, 5.41) is 21.9. The summed E-state index contributed by atoms with van der Waals surface area (Å²) in [7, 11) is 0. The van der Waals surface area contributed by atoms with Crippen molar-refractivity contribution in [3.05, 3.63) is 552 Å². The highest BCUT2D eigenvalue weighted by Crippen LogP contribution is 2.50. The Morgan fingerprint density at radius 1 is 0.120 bits per heavy atom. The molecule has 6 nitrogen and oxygen atoms in total. The van der Waals surface area contributed by atoms with Crippen LogP contribution in [0.5, 0.6) is 0 Å². The van der Waals surface area contributed by atoms with Crippen molar-refractivity contribution in [3.63, 3.8) is 0 Å². The van der Waals surface area contributed by atoms with E-state index in [4.69, 9.17) is 13.3 Å². The van der Waals surface area contributed by atoms with Crippen LogP contribution in [0, 0.1) is 0 Å². The first-order valence-electron chi connectivity index (χ1n) is 50.9. The van der Waals surface area contributed by atoms with Crippen LogP contribution in [0.3, 0.4) is 0 Å². The number of fused-ring (bicyclic) bond motifs is 19. The van der Waals surface area contributed by atoms with Crippen molar-refractivity contribution in [1.82, 2.24) is 0 Å². The van der Waals surface area contributed by atoms with Gasteiger partial charge in [-0.3, -0.25) is 0 Å². The molecule has 30 aromatic rings. The van der Waals surface area contributed by atoms with Gasteiger partial charge in [0, 0.05) is 142 Å². The molecule has 0 fully saturated rings. The molecule has 150 heavy (non-hydrogen) atoms. The molecule has 30 rings (SSSR count). The highest BCUT2D eigenvalue weighted by atomic mass is 32.1. The molecular formula is C142H91N3O3S2. The highest BCUT2D eigenvalue weighted by molar-refractivity contribution is 7.26. The summed E-state index contributed by atoms with van der Waals surface area (Å²) in [6.45, 7) is 0. The van der Waals surface area contributed by atoms with E-state index in [1.54, 1.807) is 0 Å². The smallest absolute Gasteiger partial charge is 0.137 e. The molecule has 5 aromatic heterocycles. The van der Waals surface area contributed by atoms with E-state index in [9.17, 15) is 0 Å². The van der Waals surface area contributed by atoms with Gasteiger partial charge in [0.05, 0.1) is 0 Å². The Kier molecular flexibility index (Phi) is 22.3. The average Bonchev–Trinajstić information content (AvgIpc) is 1.43. The van der Waals surface area contributed by atoms with Gasteiger partial charge in [-0.05, 0) is 297 Å². The molecule has 0 unspecified atom stereocenters. The maximum absolute atomic E-state index is 6.37. The summed E-state index contributed by atoms with van der Waals surface area (Å²) in [6, 6.07) is 198. The number of anilines is 9. The van der Waals surface area contributed by atoms with Crippen molar-refractivity contribution >= 4 is 223 Å². The largest absolute Gasteiger partial charge is 0.456 e. The number of nitrogens with zero attached hydrogens (tertiary/aromatic N) is 3. The molecule has 0 aliphatic heterocycles. The fraction of sp³-hybridized carbons (Fsp3) is 0. The molecule has 0 saturated heterocycles. The van der Waals surface area contributed by atoms with Gasteiger partial charge in [0.25, 0.3) is 0 Å². The molecule has 0 saturated carbocycles. The highest BCUT2D eigenvalue weighted by Gasteiger charge is 2.25. The summed E-state index contributed by atoms with van der Waals surface area (Å²) in [4.78, 5) is 7.01. The van der Waals surface area contributed by atoms with Crippen LogP contribution in [0.4, 0.5) is 51.2 Å². The molecule has 5 heterocycles. The Balaban J connectivity index is 0.000000108. The van der Waals surface area contributed by atoms with Gasteiger partial charge in [-0.2, -0.15) is 0 Å². The Bertz CT molecular complexity index is 9800. The van der Waals surface area contributed by atoms with Gasteiger partial charge in [0.1, 0.15) is 33.5 Å². The lowest BCUT2D eigenvalue weighted by Crippen LogP contribution is -2.09. The van der Waals surface area contributed by atoms with Crippen LogP contribution in [-0.4, -0.2) is 0 Å². The minimum Gasteiger partial charge on any atom is -0.456 e. The Labute approximate surface area is 874 Å². The topological polar surface area (TPSA) is 49.1 Å². The quantitative estimate of drug-likeness (QED) is 0.0961. The predicted octanol–water partition coefficient (Wildman–Crippen LogP) is 42.2. The maximum Gasteiger partial charge on any atom is 0.137 e. The third kappa shape index (κ3) is 16.3. The number of furan rings is 3. The van der Waals surface area contributed by atoms with E-state index in [2.05, 4.69) is 530 Å². The van der Waals surface area contributed by atoms with Gasteiger partial charge < -0.3 is 28.0 Å². The van der Waals surface area contributed by atoms with Crippen molar-refractivity contribution in [3.8, 4) is 77.9 Å². The van der Waals surface area contributed by atoms with Crippen LogP contribution in [0.25, 0.3) is 227 Å². The number of para-hydroxylation sites is 3. The molecule has 0 N–H and O–H groups in total. The first kappa shape index (κ1) is 88.5. The molecule has 0 radical (unpaired) electrons. The molecule has 0 amide bonds. The lowest BCUT2D eigenvalue weighted by Gasteiger charge is -2.26. The fourth-order valence-corrected chi connectivity index (χ4v) is 24.6. The van der Waals surface area contributed by atoms with E-state index in [1.165, 1.54) is 156 Å². The summed E-state index contributed by atoms with van der Waals surface area (Å²) < 4.78 is 24.3. The van der Waals surface area contributed by atoms with Crippen molar-refractivity contribution in [2.45, 2.75) is 0 Å². The molecule has 8 heteroatoms. The molecule has 0 bridgehead atoms. The van der Waals surface area contributed by atoms with Gasteiger partial charge in [-0.15, -0.1) is 22.7 Å². The van der Waals surface area contributed by atoms with Crippen LogP contribution in [0.15, 0.2) is 565 Å². The van der Waals surface area contributed by atoms with Crippen LogP contribution in [0.1, 0.15) is 0 Å². The van der Waals surface area contributed by atoms with E-state index in [1.807, 2.05) is 59.1 Å². The van der Waals surface area contributed by atoms with Crippen LogP contribution in [0.2, 0.25) is 0 Å². The van der Waals surface area contributed by atoms with Gasteiger partial charge in [-0.25, -0.2) is 0 Å². The number of hydrogen-bond acceptors (Lipinski definition) is 8. The fourth-order valence-electron chi connectivity index (χ4n) is 22.3. The standard InChI is InChI=1S/C50H33NO.C46H29NO2.C46H29NS2/c1-2-11-34(12-3-1)39-31-38-14-5-7-17-45(38)48(32-39)37-23-27-41(28-24-37)51(42-29-30-47-46-18-8-9-20-49(46)52-50(47)33-42)40-25-21-36(22-26-40)44-19-10-15-35-13-4-6-16-43(35)44;2*1-2-10-30(11-3-1)33-26-32-12-4-5-13-37(32)42(27-33)31-18-20-34(21-19-31)47(35-22-24-40-38-14-6-8-16-43(38)48-45(40)28-35)36-23-25-41-39-15-7-9-17-44(39)49-46(41)29-36/h1-33H;2*1-29H. The number of rotatable bonds is 16. The molecular weight excluding hydrogens is 1860 g/mol. The predicted molar refractivity (Wildman–Crippen MR) is 639 cm³/mol. The first-order valence-corrected chi connectivity index (χ1v) is 52.5. The van der Waals surface area contributed by atoms with Crippen LogP contribution in [-0.2, 0) is 0 Å². The SMILES string of the molecule is c1ccc(-c2cc(-c3ccc(N(c4ccc(-c5cccc6ccccc56)cc4)c4ccc5c(c4)oc4ccccc45)cc3)c3ccccc3c2)cc1.c1ccc(-c2cc(-c3ccc(N(c4ccc5c(c4)oc4ccccc45)c4ccc5c(c4)oc4ccccc45)cc3)c3ccccc3c2)cc1.c1ccc(-c2cc(-c3ccc(N(c4ccc5c(c4)sc4ccccc45)c4ccc5c(c4)sc4ccccc45)cc3)c3ccccc3c2)cc1. The number of benzene rings is 25. The van der Waals surface area contributed by atoms with Gasteiger partial charge in [0.2, 0.25) is 0 Å². The molecule has 25 aromatic carbocycles.